The molecule has 1 heterocycles. The van der Waals surface area contributed by atoms with E-state index in [9.17, 15) is 4.79 Å². The first kappa shape index (κ1) is 11.6. The highest BCUT2D eigenvalue weighted by atomic mass is 16.5. The van der Waals surface area contributed by atoms with Gasteiger partial charge in [0.15, 0.2) is 0 Å². The maximum absolute atomic E-state index is 11.7. The summed E-state index contributed by atoms with van der Waals surface area (Å²) in [5.41, 5.74) is 1.53. The van der Waals surface area contributed by atoms with Gasteiger partial charge in [0.1, 0.15) is 0 Å². The van der Waals surface area contributed by atoms with Crippen molar-refractivity contribution in [2.75, 3.05) is 13.2 Å². The average molecular weight is 230 g/mol. The molecule has 1 atom stereocenters. The third-order valence-corrected chi connectivity index (χ3v) is 2.74. The van der Waals surface area contributed by atoms with Gasteiger partial charge in [-0.25, -0.2) is 0 Å². The maximum Gasteiger partial charge on any atom is 0.224 e. The maximum atomic E-state index is 11.7. The van der Waals surface area contributed by atoms with Crippen LogP contribution in [0.3, 0.4) is 0 Å². The van der Waals surface area contributed by atoms with Gasteiger partial charge in [-0.1, -0.05) is 12.1 Å². The fraction of sp³-hybridized carbons (Fsp3) is 0.385. The molecule has 1 unspecified atom stereocenters. The van der Waals surface area contributed by atoms with Crippen LogP contribution in [0.5, 0.6) is 0 Å². The van der Waals surface area contributed by atoms with Crippen molar-refractivity contribution in [3.05, 3.63) is 35.4 Å². The summed E-state index contributed by atoms with van der Waals surface area (Å²) in [6.07, 6.45) is 1.24. The van der Waals surface area contributed by atoms with E-state index in [4.69, 9.17) is 10.00 Å². The molecule has 1 aromatic carbocycles. The van der Waals surface area contributed by atoms with Crippen LogP contribution in [0.15, 0.2) is 24.3 Å². The highest BCUT2D eigenvalue weighted by Gasteiger charge is 2.17. The lowest BCUT2D eigenvalue weighted by atomic mass is 10.1. The molecule has 1 aliphatic rings. The Balaban J connectivity index is 1.86. The molecule has 1 amide bonds. The van der Waals surface area contributed by atoms with Crippen LogP contribution in [-0.2, 0) is 16.0 Å². The zero-order valence-corrected chi connectivity index (χ0v) is 9.48. The Morgan fingerprint density at radius 2 is 2.24 bits per heavy atom. The molecular formula is C13H14N2O2. The molecule has 1 N–H and O–H groups in total. The number of hydrogen-bond acceptors (Lipinski definition) is 3. The lowest BCUT2D eigenvalue weighted by Gasteiger charge is -2.10. The van der Waals surface area contributed by atoms with Crippen LogP contribution in [0.4, 0.5) is 0 Å². The standard InChI is InChI=1S/C13H14N2O2/c14-8-11-3-1-10(2-4-11)7-13(16)15-12-5-6-17-9-12/h1-4,12H,5-7,9H2,(H,15,16). The van der Waals surface area contributed by atoms with Crippen molar-refractivity contribution in [3.8, 4) is 6.07 Å². The van der Waals surface area contributed by atoms with Gasteiger partial charge in [-0.3, -0.25) is 4.79 Å². The first-order valence-electron chi connectivity index (χ1n) is 5.64. The molecule has 88 valence electrons. The summed E-state index contributed by atoms with van der Waals surface area (Å²) in [6.45, 7) is 1.33. The zero-order chi connectivity index (χ0) is 12.1. The summed E-state index contributed by atoms with van der Waals surface area (Å²) >= 11 is 0. The van der Waals surface area contributed by atoms with Crippen LogP contribution < -0.4 is 5.32 Å². The lowest BCUT2D eigenvalue weighted by Crippen LogP contribution is -2.35. The van der Waals surface area contributed by atoms with Crippen LogP contribution >= 0.6 is 0 Å². The van der Waals surface area contributed by atoms with E-state index < -0.39 is 0 Å². The quantitative estimate of drug-likeness (QED) is 0.842. The smallest absolute Gasteiger partial charge is 0.224 e. The predicted octanol–water partition coefficient (Wildman–Crippen LogP) is 1.01. The summed E-state index contributed by atoms with van der Waals surface area (Å²) in [5, 5.41) is 11.6. The van der Waals surface area contributed by atoms with E-state index in [0.29, 0.717) is 18.6 Å². The summed E-state index contributed by atoms with van der Waals surface area (Å²) < 4.78 is 5.19. The highest BCUT2D eigenvalue weighted by Crippen LogP contribution is 2.06. The summed E-state index contributed by atoms with van der Waals surface area (Å²) in [4.78, 5) is 11.7. The van der Waals surface area contributed by atoms with Crippen LogP contribution in [0.25, 0.3) is 0 Å². The van der Waals surface area contributed by atoms with E-state index in [1.165, 1.54) is 0 Å². The fourth-order valence-corrected chi connectivity index (χ4v) is 1.81. The van der Waals surface area contributed by atoms with E-state index in [2.05, 4.69) is 5.32 Å². The number of amides is 1. The topological polar surface area (TPSA) is 62.1 Å². The molecule has 0 saturated carbocycles. The number of nitriles is 1. The van der Waals surface area contributed by atoms with Gasteiger partial charge in [-0.05, 0) is 24.1 Å². The normalized spacial score (nSPS) is 18.6. The van der Waals surface area contributed by atoms with Gasteiger partial charge < -0.3 is 10.1 Å². The monoisotopic (exact) mass is 230 g/mol. The minimum Gasteiger partial charge on any atom is -0.379 e. The second kappa shape index (κ2) is 5.46. The number of ether oxygens (including phenoxy) is 1. The van der Waals surface area contributed by atoms with Crippen molar-refractivity contribution in [1.29, 1.82) is 5.26 Å². The van der Waals surface area contributed by atoms with Gasteiger partial charge >= 0.3 is 0 Å². The van der Waals surface area contributed by atoms with Crippen LogP contribution in [0.2, 0.25) is 0 Å². The molecule has 0 spiro atoms. The molecule has 0 bridgehead atoms. The predicted molar refractivity (Wildman–Crippen MR) is 62.2 cm³/mol. The van der Waals surface area contributed by atoms with Crippen molar-refractivity contribution in [2.24, 2.45) is 0 Å². The first-order valence-corrected chi connectivity index (χ1v) is 5.64. The molecule has 1 saturated heterocycles. The Kier molecular flexibility index (Phi) is 3.73. The number of nitrogens with one attached hydrogen (secondary N) is 1. The fourth-order valence-electron chi connectivity index (χ4n) is 1.81. The number of rotatable bonds is 3. The van der Waals surface area contributed by atoms with Gasteiger partial charge in [0.2, 0.25) is 5.91 Å². The Bertz CT molecular complexity index is 428. The highest BCUT2D eigenvalue weighted by molar-refractivity contribution is 5.78. The van der Waals surface area contributed by atoms with Crippen LogP contribution in [0.1, 0.15) is 17.5 Å². The summed E-state index contributed by atoms with van der Waals surface area (Å²) in [7, 11) is 0. The van der Waals surface area contributed by atoms with Crippen LogP contribution in [-0.4, -0.2) is 25.2 Å². The first-order chi connectivity index (χ1) is 8.28. The Hall–Kier alpha value is -1.86. The molecule has 0 aliphatic carbocycles. The summed E-state index contributed by atoms with van der Waals surface area (Å²) in [6, 6.07) is 9.27. The third-order valence-electron chi connectivity index (χ3n) is 2.74. The second-order valence-electron chi connectivity index (χ2n) is 4.11. The number of carbonyl (C=O) groups excluding carboxylic acids is 1. The van der Waals surface area contributed by atoms with Gasteiger partial charge in [0.05, 0.1) is 30.7 Å². The van der Waals surface area contributed by atoms with Crippen molar-refractivity contribution < 1.29 is 9.53 Å². The molecule has 17 heavy (non-hydrogen) atoms. The van der Waals surface area contributed by atoms with Crippen LogP contribution in [0, 0.1) is 11.3 Å². The molecule has 1 aliphatic heterocycles. The van der Waals surface area contributed by atoms with E-state index in [-0.39, 0.29) is 11.9 Å². The van der Waals surface area contributed by atoms with Crippen molar-refractivity contribution >= 4 is 5.91 Å². The lowest BCUT2D eigenvalue weighted by molar-refractivity contribution is -0.121. The number of hydrogen-bond donors (Lipinski definition) is 1. The van der Waals surface area contributed by atoms with Crippen molar-refractivity contribution in [3.63, 3.8) is 0 Å². The molecule has 1 fully saturated rings. The minimum absolute atomic E-state index is 0.00482. The molecular weight excluding hydrogens is 216 g/mol. The molecule has 1 aromatic rings. The zero-order valence-electron chi connectivity index (χ0n) is 9.48. The van der Waals surface area contributed by atoms with Crippen molar-refractivity contribution in [2.45, 2.75) is 18.9 Å². The Labute approximate surface area is 100 Å². The van der Waals surface area contributed by atoms with Crippen molar-refractivity contribution in [1.82, 2.24) is 5.32 Å². The van der Waals surface area contributed by atoms with Gasteiger partial charge in [-0.15, -0.1) is 0 Å². The van der Waals surface area contributed by atoms with E-state index in [0.717, 1.165) is 18.6 Å². The summed E-state index contributed by atoms with van der Waals surface area (Å²) in [5.74, 6) is 0.00482. The molecule has 4 heteroatoms. The number of nitrogens with zero attached hydrogens (tertiary/aromatic N) is 1. The van der Waals surface area contributed by atoms with Gasteiger partial charge in [0.25, 0.3) is 0 Å². The SMILES string of the molecule is N#Cc1ccc(CC(=O)NC2CCOC2)cc1. The minimum atomic E-state index is 0.00482. The molecule has 0 radical (unpaired) electrons. The van der Waals surface area contributed by atoms with Gasteiger partial charge in [0, 0.05) is 6.61 Å². The third kappa shape index (κ3) is 3.30. The molecule has 4 nitrogen and oxygen atoms in total. The largest absolute Gasteiger partial charge is 0.379 e. The average Bonchev–Trinajstić information content (AvgIpc) is 2.82. The Morgan fingerprint density at radius 1 is 1.47 bits per heavy atom. The van der Waals surface area contributed by atoms with E-state index in [1.54, 1.807) is 12.1 Å². The van der Waals surface area contributed by atoms with E-state index in [1.807, 2.05) is 18.2 Å². The number of benzene rings is 1. The van der Waals surface area contributed by atoms with E-state index >= 15 is 0 Å². The Morgan fingerprint density at radius 3 is 2.82 bits per heavy atom. The number of carbonyl (C=O) groups is 1. The molecule has 0 aromatic heterocycles. The molecule has 2 rings (SSSR count). The second-order valence-corrected chi connectivity index (χ2v) is 4.11. The van der Waals surface area contributed by atoms with Gasteiger partial charge in [-0.2, -0.15) is 5.26 Å².